The van der Waals surface area contributed by atoms with E-state index in [4.69, 9.17) is 10.00 Å². The molecule has 5 rings (SSSR count). The number of hydrogen-bond donors (Lipinski definition) is 1. The first kappa shape index (κ1) is 28.1. The number of nitriles is 1. The van der Waals surface area contributed by atoms with Crippen LogP contribution in [0.15, 0.2) is 85.1 Å². The molecule has 5 aromatic rings. The van der Waals surface area contributed by atoms with E-state index in [1.165, 1.54) is 12.1 Å². The van der Waals surface area contributed by atoms with E-state index in [2.05, 4.69) is 16.2 Å². The maximum atomic E-state index is 13.8. The van der Waals surface area contributed by atoms with Crippen LogP contribution in [0.2, 0.25) is 0 Å². The van der Waals surface area contributed by atoms with Crippen LogP contribution < -0.4 is 4.74 Å². The van der Waals surface area contributed by atoms with Crippen LogP contribution in [0.1, 0.15) is 38.3 Å². The van der Waals surface area contributed by atoms with Crippen LogP contribution in [0, 0.1) is 25.2 Å². The summed E-state index contributed by atoms with van der Waals surface area (Å²) in [4.78, 5) is 15.8. The zero-order valence-electron chi connectivity index (χ0n) is 22.5. The highest BCUT2D eigenvalue weighted by Gasteiger charge is 2.41. The Hall–Kier alpha value is -5.43. The van der Waals surface area contributed by atoms with Gasteiger partial charge in [0.1, 0.15) is 17.9 Å². The number of carboxylic acids is 1. The lowest BCUT2D eigenvalue weighted by Gasteiger charge is -2.15. The van der Waals surface area contributed by atoms with Gasteiger partial charge in [0, 0.05) is 5.56 Å². The number of pyridine rings is 1. The van der Waals surface area contributed by atoms with Gasteiger partial charge in [-0.15, -0.1) is 0 Å². The lowest BCUT2D eigenvalue weighted by atomic mass is 9.99. The number of halogens is 3. The summed E-state index contributed by atoms with van der Waals surface area (Å²) in [5.74, 6) is -1.45. The average molecular weight is 569 g/mol. The molecule has 210 valence electrons. The quantitative estimate of drug-likeness (QED) is 0.220. The SMILES string of the molecule is Cc1ccc(OCc2ccc(-c3ccc(C#N)cc3)cc2C)c(-c2cccc(-n3ncc(C(=O)O)c3C(F)(F)F)n2)c1. The Kier molecular flexibility index (Phi) is 7.51. The molecule has 0 spiro atoms. The second-order valence-electron chi connectivity index (χ2n) is 9.62. The zero-order chi connectivity index (χ0) is 30.0. The van der Waals surface area contributed by atoms with Gasteiger partial charge in [-0.2, -0.15) is 23.5 Å². The van der Waals surface area contributed by atoms with Crippen LogP contribution in [0.5, 0.6) is 5.75 Å². The molecule has 1 N–H and O–H groups in total. The molecule has 2 aromatic heterocycles. The van der Waals surface area contributed by atoms with Crippen LogP contribution in [0.3, 0.4) is 0 Å². The van der Waals surface area contributed by atoms with Gasteiger partial charge in [0.05, 0.1) is 23.5 Å². The van der Waals surface area contributed by atoms with Crippen LogP contribution >= 0.6 is 0 Å². The number of rotatable bonds is 7. The number of aryl methyl sites for hydroxylation is 2. The summed E-state index contributed by atoms with van der Waals surface area (Å²) in [7, 11) is 0. The number of nitrogens with zero attached hydrogens (tertiary/aromatic N) is 4. The normalized spacial score (nSPS) is 11.2. The molecule has 0 aliphatic carbocycles. The lowest BCUT2D eigenvalue weighted by Crippen LogP contribution is -2.18. The zero-order valence-corrected chi connectivity index (χ0v) is 22.5. The summed E-state index contributed by atoms with van der Waals surface area (Å²) < 4.78 is 48.1. The van der Waals surface area contributed by atoms with Gasteiger partial charge in [0.2, 0.25) is 0 Å². The van der Waals surface area contributed by atoms with Gasteiger partial charge in [0.15, 0.2) is 11.5 Å². The molecule has 3 aromatic carbocycles. The Bertz CT molecular complexity index is 1840. The van der Waals surface area contributed by atoms with Crippen molar-refractivity contribution in [2.75, 3.05) is 0 Å². The van der Waals surface area contributed by atoms with Gasteiger partial charge in [-0.3, -0.25) is 0 Å². The topological polar surface area (TPSA) is 101 Å². The second-order valence-corrected chi connectivity index (χ2v) is 9.62. The highest BCUT2D eigenvalue weighted by Crippen LogP contribution is 2.35. The van der Waals surface area contributed by atoms with Crippen LogP contribution in [0.25, 0.3) is 28.2 Å². The van der Waals surface area contributed by atoms with E-state index in [9.17, 15) is 23.1 Å². The highest BCUT2D eigenvalue weighted by molar-refractivity contribution is 5.89. The van der Waals surface area contributed by atoms with Crippen LogP contribution in [0.4, 0.5) is 13.2 Å². The largest absolute Gasteiger partial charge is 0.488 e. The fraction of sp³-hybridized carbons (Fsp3) is 0.125. The van der Waals surface area contributed by atoms with Gasteiger partial charge in [-0.25, -0.2) is 14.5 Å². The maximum Gasteiger partial charge on any atom is 0.434 e. The average Bonchev–Trinajstić information content (AvgIpc) is 3.44. The first-order valence-corrected chi connectivity index (χ1v) is 12.7. The lowest BCUT2D eigenvalue weighted by molar-refractivity contribution is -0.143. The molecular weight excluding hydrogens is 545 g/mol. The summed E-state index contributed by atoms with van der Waals surface area (Å²) in [6, 6.07) is 25.4. The number of ether oxygens (including phenoxy) is 1. The molecule has 0 fully saturated rings. The third kappa shape index (κ3) is 5.71. The summed E-state index contributed by atoms with van der Waals surface area (Å²) in [6.07, 6.45) is -4.30. The van der Waals surface area contributed by atoms with Crippen molar-refractivity contribution in [1.82, 2.24) is 14.8 Å². The van der Waals surface area contributed by atoms with Crippen molar-refractivity contribution in [2.24, 2.45) is 0 Å². The maximum absolute atomic E-state index is 13.8. The number of carboxylic acid groups (broad SMARTS) is 1. The Morgan fingerprint density at radius 2 is 1.74 bits per heavy atom. The molecule has 0 unspecified atom stereocenters. The molecule has 0 aliphatic rings. The van der Waals surface area contributed by atoms with Crippen molar-refractivity contribution >= 4 is 5.97 Å². The molecule has 7 nitrogen and oxygen atoms in total. The van der Waals surface area contributed by atoms with E-state index < -0.39 is 23.4 Å². The van der Waals surface area contributed by atoms with E-state index in [1.54, 1.807) is 24.3 Å². The highest BCUT2D eigenvalue weighted by atomic mass is 19.4. The number of hydrogen-bond acceptors (Lipinski definition) is 5. The Morgan fingerprint density at radius 1 is 1.00 bits per heavy atom. The van der Waals surface area contributed by atoms with Crippen molar-refractivity contribution in [2.45, 2.75) is 26.6 Å². The third-order valence-electron chi connectivity index (χ3n) is 6.70. The van der Waals surface area contributed by atoms with E-state index in [0.29, 0.717) is 33.4 Å². The molecule has 0 atom stereocenters. The molecule has 2 heterocycles. The molecule has 42 heavy (non-hydrogen) atoms. The third-order valence-corrected chi connectivity index (χ3v) is 6.70. The van der Waals surface area contributed by atoms with E-state index in [1.807, 2.05) is 56.3 Å². The number of alkyl halides is 3. The Morgan fingerprint density at radius 3 is 2.40 bits per heavy atom. The first-order valence-electron chi connectivity index (χ1n) is 12.7. The van der Waals surface area contributed by atoms with Crippen molar-refractivity contribution in [3.63, 3.8) is 0 Å². The number of aromatic nitrogens is 3. The molecular formula is C32H23F3N4O3. The molecule has 0 radical (unpaired) electrons. The van der Waals surface area contributed by atoms with E-state index in [0.717, 1.165) is 27.8 Å². The van der Waals surface area contributed by atoms with Crippen LogP contribution in [-0.4, -0.2) is 25.8 Å². The molecule has 0 saturated heterocycles. The standard InChI is InChI=1S/C32H23F3N4O3/c1-19-6-13-28(42-18-24-12-11-23(15-20(24)2)22-9-7-21(16-36)8-10-22)25(14-19)27-4-3-5-29(38-27)39-30(32(33,34)35)26(17-37-39)31(40)41/h3-15,17H,18H2,1-2H3,(H,40,41). The number of aromatic carboxylic acids is 1. The minimum atomic E-state index is -4.97. The Balaban J connectivity index is 1.44. The number of carbonyl (C=O) groups is 1. The van der Waals surface area contributed by atoms with Crippen molar-refractivity contribution in [3.05, 3.63) is 119 Å². The second kappa shape index (κ2) is 11.2. The van der Waals surface area contributed by atoms with E-state index in [-0.39, 0.29) is 12.4 Å². The minimum absolute atomic E-state index is 0.186. The van der Waals surface area contributed by atoms with Gasteiger partial charge < -0.3 is 9.84 Å². The number of benzene rings is 3. The Labute approximate surface area is 239 Å². The minimum Gasteiger partial charge on any atom is -0.488 e. The predicted octanol–water partition coefficient (Wildman–Crippen LogP) is 7.39. The fourth-order valence-electron chi connectivity index (χ4n) is 4.54. The van der Waals surface area contributed by atoms with Gasteiger partial charge in [-0.1, -0.05) is 48.0 Å². The molecule has 0 saturated carbocycles. The summed E-state index contributed by atoms with van der Waals surface area (Å²) in [5.41, 5.74) is 3.91. The summed E-state index contributed by atoms with van der Waals surface area (Å²) in [5, 5.41) is 22.0. The van der Waals surface area contributed by atoms with Crippen molar-refractivity contribution in [3.8, 4) is 40.0 Å². The van der Waals surface area contributed by atoms with Gasteiger partial charge in [-0.05, 0) is 72.5 Å². The summed E-state index contributed by atoms with van der Waals surface area (Å²) in [6.45, 7) is 4.08. The van der Waals surface area contributed by atoms with Crippen molar-refractivity contribution < 1.29 is 27.8 Å². The molecule has 0 aliphatic heterocycles. The van der Waals surface area contributed by atoms with Crippen molar-refractivity contribution in [1.29, 1.82) is 5.26 Å². The smallest absolute Gasteiger partial charge is 0.434 e. The van der Waals surface area contributed by atoms with E-state index >= 15 is 0 Å². The predicted molar refractivity (Wildman–Crippen MR) is 149 cm³/mol. The van der Waals surface area contributed by atoms with Gasteiger partial charge in [0.25, 0.3) is 0 Å². The molecule has 10 heteroatoms. The molecule has 0 amide bonds. The van der Waals surface area contributed by atoms with Gasteiger partial charge >= 0.3 is 12.1 Å². The first-order chi connectivity index (χ1) is 20.0. The summed E-state index contributed by atoms with van der Waals surface area (Å²) >= 11 is 0. The van der Waals surface area contributed by atoms with Crippen LogP contribution in [-0.2, 0) is 12.8 Å². The monoisotopic (exact) mass is 568 g/mol. The fourth-order valence-corrected chi connectivity index (χ4v) is 4.54. The molecule has 0 bridgehead atoms.